The molecule has 0 heterocycles. The van der Waals surface area contributed by atoms with E-state index in [0.717, 1.165) is 25.7 Å². The predicted molar refractivity (Wildman–Crippen MR) is 68.6 cm³/mol. The van der Waals surface area contributed by atoms with Crippen molar-refractivity contribution in [3.63, 3.8) is 0 Å². The van der Waals surface area contributed by atoms with Gasteiger partial charge in [0.05, 0.1) is 5.92 Å². The van der Waals surface area contributed by atoms with Crippen molar-refractivity contribution in [1.29, 1.82) is 0 Å². The van der Waals surface area contributed by atoms with E-state index in [1.54, 1.807) is 7.11 Å². The van der Waals surface area contributed by atoms with Gasteiger partial charge in [-0.3, -0.25) is 4.79 Å². The van der Waals surface area contributed by atoms with Gasteiger partial charge in [-0.05, 0) is 32.1 Å². The van der Waals surface area contributed by atoms with Gasteiger partial charge in [-0.15, -0.1) is 0 Å². The van der Waals surface area contributed by atoms with Crippen LogP contribution in [0.1, 0.15) is 39.5 Å². The molecule has 4 atom stereocenters. The molecule has 17 heavy (non-hydrogen) atoms. The number of nitrogens with one attached hydrogen (secondary N) is 1. The first-order chi connectivity index (χ1) is 8.06. The van der Waals surface area contributed by atoms with Gasteiger partial charge in [-0.2, -0.15) is 0 Å². The Balaban J connectivity index is 2.40. The van der Waals surface area contributed by atoms with Crippen LogP contribution in [-0.2, 0) is 9.53 Å². The van der Waals surface area contributed by atoms with Gasteiger partial charge in [0.25, 0.3) is 0 Å². The molecule has 4 heteroatoms. The molecule has 1 aliphatic carbocycles. The first kappa shape index (κ1) is 14.5. The summed E-state index contributed by atoms with van der Waals surface area (Å²) < 4.78 is 5.00. The van der Waals surface area contributed by atoms with E-state index in [1.807, 2.05) is 6.92 Å². The zero-order chi connectivity index (χ0) is 12.8. The summed E-state index contributed by atoms with van der Waals surface area (Å²) in [5.41, 5.74) is 6.11. The van der Waals surface area contributed by atoms with E-state index in [0.29, 0.717) is 12.5 Å². The van der Waals surface area contributed by atoms with Crippen LogP contribution in [-0.4, -0.2) is 31.7 Å². The van der Waals surface area contributed by atoms with Crippen LogP contribution in [0.3, 0.4) is 0 Å². The lowest BCUT2D eigenvalue weighted by atomic mass is 9.78. The van der Waals surface area contributed by atoms with Crippen molar-refractivity contribution in [2.24, 2.45) is 17.6 Å². The second-order valence-electron chi connectivity index (χ2n) is 5.28. The van der Waals surface area contributed by atoms with Crippen LogP contribution in [0.25, 0.3) is 0 Å². The highest BCUT2D eigenvalue weighted by atomic mass is 16.5. The number of nitrogens with two attached hydrogens (primary N) is 1. The number of carbonyl (C=O) groups is 1. The van der Waals surface area contributed by atoms with E-state index in [2.05, 4.69) is 12.2 Å². The normalized spacial score (nSPS) is 30.9. The average molecular weight is 242 g/mol. The molecule has 100 valence electrons. The van der Waals surface area contributed by atoms with Crippen LogP contribution in [0.5, 0.6) is 0 Å². The molecule has 0 saturated heterocycles. The molecule has 3 N–H and O–H groups in total. The van der Waals surface area contributed by atoms with Crippen molar-refractivity contribution >= 4 is 5.91 Å². The Bertz CT molecular complexity index is 246. The molecule has 0 radical (unpaired) electrons. The van der Waals surface area contributed by atoms with Crippen molar-refractivity contribution < 1.29 is 9.53 Å². The van der Waals surface area contributed by atoms with Gasteiger partial charge >= 0.3 is 0 Å². The number of ether oxygens (including phenoxy) is 1. The molecule has 1 fully saturated rings. The molecule has 0 spiro atoms. The molecule has 1 amide bonds. The molecule has 1 saturated carbocycles. The van der Waals surface area contributed by atoms with Crippen LogP contribution >= 0.6 is 0 Å². The summed E-state index contributed by atoms with van der Waals surface area (Å²) in [7, 11) is 1.67. The van der Waals surface area contributed by atoms with E-state index >= 15 is 0 Å². The highest BCUT2D eigenvalue weighted by molar-refractivity contribution is 5.79. The Morgan fingerprint density at radius 2 is 2.24 bits per heavy atom. The summed E-state index contributed by atoms with van der Waals surface area (Å²) in [5, 5.41) is 3.04. The van der Waals surface area contributed by atoms with Crippen LogP contribution < -0.4 is 11.1 Å². The Morgan fingerprint density at radius 3 is 2.88 bits per heavy atom. The standard InChI is InChI=1S/C13H26N2O2/c1-9-5-4-6-11(12(9)14)13(16)15-10(2)7-8-17-3/h9-12H,4-8,14H2,1-3H3,(H,15,16). The Labute approximate surface area is 104 Å². The number of hydrogen-bond donors (Lipinski definition) is 2. The third-order valence-corrected chi connectivity index (χ3v) is 3.78. The molecule has 4 unspecified atom stereocenters. The second kappa shape index (κ2) is 6.97. The van der Waals surface area contributed by atoms with E-state index in [1.165, 1.54) is 0 Å². The van der Waals surface area contributed by atoms with Crippen LogP contribution in [0.2, 0.25) is 0 Å². The quantitative estimate of drug-likeness (QED) is 0.763. The average Bonchev–Trinajstić information content (AvgIpc) is 2.29. The maximum absolute atomic E-state index is 12.1. The lowest BCUT2D eigenvalue weighted by Gasteiger charge is -2.33. The van der Waals surface area contributed by atoms with Gasteiger partial charge in [0.15, 0.2) is 0 Å². The first-order valence-corrected chi connectivity index (χ1v) is 6.61. The van der Waals surface area contributed by atoms with Crippen molar-refractivity contribution in [3.05, 3.63) is 0 Å². The van der Waals surface area contributed by atoms with Gasteiger partial charge in [0, 0.05) is 25.8 Å². The van der Waals surface area contributed by atoms with E-state index in [4.69, 9.17) is 10.5 Å². The molecular weight excluding hydrogens is 216 g/mol. The second-order valence-corrected chi connectivity index (χ2v) is 5.28. The summed E-state index contributed by atoms with van der Waals surface area (Å²) in [6.07, 6.45) is 4.03. The van der Waals surface area contributed by atoms with Crippen molar-refractivity contribution in [3.8, 4) is 0 Å². The number of amides is 1. The number of hydrogen-bond acceptors (Lipinski definition) is 3. The molecule has 0 aromatic carbocycles. The van der Waals surface area contributed by atoms with Gasteiger partial charge in [-0.1, -0.05) is 13.3 Å². The van der Waals surface area contributed by atoms with E-state index in [-0.39, 0.29) is 23.9 Å². The fraction of sp³-hybridized carbons (Fsp3) is 0.923. The van der Waals surface area contributed by atoms with Gasteiger partial charge in [-0.25, -0.2) is 0 Å². The van der Waals surface area contributed by atoms with Crippen LogP contribution in [0, 0.1) is 11.8 Å². The third-order valence-electron chi connectivity index (χ3n) is 3.78. The van der Waals surface area contributed by atoms with Crippen molar-refractivity contribution in [2.45, 2.75) is 51.6 Å². The summed E-state index contributed by atoms with van der Waals surface area (Å²) in [5.74, 6) is 0.560. The summed E-state index contributed by atoms with van der Waals surface area (Å²) in [6, 6.07) is 0.172. The topological polar surface area (TPSA) is 64.3 Å². The fourth-order valence-electron chi connectivity index (χ4n) is 2.46. The summed E-state index contributed by atoms with van der Waals surface area (Å²) in [6.45, 7) is 4.82. The van der Waals surface area contributed by atoms with E-state index in [9.17, 15) is 4.79 Å². The zero-order valence-corrected chi connectivity index (χ0v) is 11.2. The monoisotopic (exact) mass is 242 g/mol. The maximum Gasteiger partial charge on any atom is 0.224 e. The van der Waals surface area contributed by atoms with Gasteiger partial charge < -0.3 is 15.8 Å². The largest absolute Gasteiger partial charge is 0.385 e. The highest BCUT2D eigenvalue weighted by Gasteiger charge is 2.32. The molecule has 0 aromatic rings. The van der Waals surface area contributed by atoms with Crippen molar-refractivity contribution in [2.75, 3.05) is 13.7 Å². The molecule has 1 rings (SSSR count). The minimum atomic E-state index is -0.0104. The Morgan fingerprint density at radius 1 is 1.53 bits per heavy atom. The highest BCUT2D eigenvalue weighted by Crippen LogP contribution is 2.27. The smallest absolute Gasteiger partial charge is 0.224 e. The van der Waals surface area contributed by atoms with E-state index < -0.39 is 0 Å². The zero-order valence-electron chi connectivity index (χ0n) is 11.2. The summed E-state index contributed by atoms with van der Waals surface area (Å²) in [4.78, 5) is 12.1. The van der Waals surface area contributed by atoms with Crippen molar-refractivity contribution in [1.82, 2.24) is 5.32 Å². The number of methoxy groups -OCH3 is 1. The molecule has 0 aliphatic heterocycles. The lowest BCUT2D eigenvalue weighted by molar-refractivity contribution is -0.127. The fourth-order valence-corrected chi connectivity index (χ4v) is 2.46. The van der Waals surface area contributed by atoms with Gasteiger partial charge in [0.2, 0.25) is 5.91 Å². The SMILES string of the molecule is COCCC(C)NC(=O)C1CCCC(C)C1N. The molecule has 4 nitrogen and oxygen atoms in total. The molecule has 0 aromatic heterocycles. The number of carbonyl (C=O) groups excluding carboxylic acids is 1. The lowest BCUT2D eigenvalue weighted by Crippen LogP contribution is -2.49. The van der Waals surface area contributed by atoms with Crippen LogP contribution in [0.4, 0.5) is 0 Å². The third kappa shape index (κ3) is 4.28. The summed E-state index contributed by atoms with van der Waals surface area (Å²) >= 11 is 0. The Kier molecular flexibility index (Phi) is 5.92. The Hall–Kier alpha value is -0.610. The first-order valence-electron chi connectivity index (χ1n) is 6.61. The maximum atomic E-state index is 12.1. The molecule has 0 bridgehead atoms. The molecule has 1 aliphatic rings. The van der Waals surface area contributed by atoms with Gasteiger partial charge in [0.1, 0.15) is 0 Å². The minimum Gasteiger partial charge on any atom is -0.385 e. The van der Waals surface area contributed by atoms with Crippen LogP contribution in [0.15, 0.2) is 0 Å². The minimum absolute atomic E-state index is 0.0104. The predicted octanol–water partition coefficient (Wildman–Crippen LogP) is 1.29. The molecular formula is C13H26N2O2. The number of rotatable bonds is 5.